The summed E-state index contributed by atoms with van der Waals surface area (Å²) >= 11 is 0. The van der Waals surface area contributed by atoms with Crippen LogP contribution in [0.5, 0.6) is 0 Å². The Balaban J connectivity index is 1.40. The molecule has 2 heteroatoms. The Bertz CT molecular complexity index is 1890. The Kier molecular flexibility index (Phi) is 9.41. The van der Waals surface area contributed by atoms with E-state index in [0.717, 1.165) is 25.8 Å². The second-order valence-corrected chi connectivity index (χ2v) is 14.0. The normalized spacial score (nSPS) is 16.0. The van der Waals surface area contributed by atoms with Crippen molar-refractivity contribution in [3.8, 4) is 11.1 Å². The van der Waals surface area contributed by atoms with Gasteiger partial charge in [0.2, 0.25) is 0 Å². The molecule has 0 heterocycles. The molecule has 6 rings (SSSR count). The Morgan fingerprint density at radius 2 is 1.21 bits per heavy atom. The molecule has 0 saturated heterocycles. The van der Waals surface area contributed by atoms with Crippen LogP contribution in [0.2, 0.25) is 0 Å². The maximum atomic E-state index is 2.55. The van der Waals surface area contributed by atoms with Gasteiger partial charge >= 0.3 is 0 Å². The molecule has 0 spiro atoms. The van der Waals surface area contributed by atoms with E-state index < -0.39 is 0 Å². The van der Waals surface area contributed by atoms with E-state index in [1.54, 1.807) is 0 Å². The average molecular weight is 619 g/mol. The van der Waals surface area contributed by atoms with Gasteiger partial charge in [-0.1, -0.05) is 59.7 Å². The van der Waals surface area contributed by atoms with E-state index in [0.29, 0.717) is 5.92 Å². The Morgan fingerprint density at radius 1 is 0.638 bits per heavy atom. The maximum absolute atomic E-state index is 2.55. The van der Waals surface area contributed by atoms with Gasteiger partial charge in [0.1, 0.15) is 0 Å². The van der Waals surface area contributed by atoms with Crippen LogP contribution in [0.3, 0.4) is 0 Å². The second kappa shape index (κ2) is 13.7. The summed E-state index contributed by atoms with van der Waals surface area (Å²) in [6.07, 6.45) is 15.1. The molecule has 0 saturated carbocycles. The summed E-state index contributed by atoms with van der Waals surface area (Å²) in [6.45, 7) is 18.9. The molecule has 0 N–H and O–H groups in total. The van der Waals surface area contributed by atoms with Crippen molar-refractivity contribution < 1.29 is 0 Å². The van der Waals surface area contributed by atoms with Crippen LogP contribution >= 0.6 is 0 Å². The third kappa shape index (κ3) is 7.08. The molecular weight excluding hydrogens is 569 g/mol. The highest BCUT2D eigenvalue weighted by molar-refractivity contribution is 5.81. The van der Waals surface area contributed by atoms with E-state index in [1.807, 2.05) is 0 Å². The maximum Gasteiger partial charge on any atom is 0.0520 e. The molecule has 1 unspecified atom stereocenters. The van der Waals surface area contributed by atoms with Crippen molar-refractivity contribution in [2.24, 2.45) is 5.92 Å². The number of aryl methyl sites for hydroxylation is 6. The molecule has 47 heavy (non-hydrogen) atoms. The zero-order chi connectivity index (χ0) is 33.2. The quantitative estimate of drug-likeness (QED) is 0.194. The summed E-state index contributed by atoms with van der Waals surface area (Å²) in [5.74, 6) is 0.477. The van der Waals surface area contributed by atoms with E-state index in [4.69, 9.17) is 0 Å². The molecule has 240 valence electrons. The van der Waals surface area contributed by atoms with Crippen LogP contribution in [0, 0.1) is 47.5 Å². The summed E-state index contributed by atoms with van der Waals surface area (Å²) < 4.78 is 0. The fourth-order valence-corrected chi connectivity index (χ4v) is 7.45. The van der Waals surface area contributed by atoms with Crippen LogP contribution in [-0.2, 0) is 0 Å². The smallest absolute Gasteiger partial charge is 0.0520 e. The highest BCUT2D eigenvalue weighted by Crippen LogP contribution is 2.42. The monoisotopic (exact) mass is 618 g/mol. The van der Waals surface area contributed by atoms with Crippen LogP contribution in [0.25, 0.3) is 11.1 Å². The first-order valence-corrected chi connectivity index (χ1v) is 17.2. The molecule has 0 aromatic heterocycles. The Labute approximate surface area is 283 Å². The van der Waals surface area contributed by atoms with Crippen LogP contribution in [0.4, 0.5) is 22.7 Å². The van der Waals surface area contributed by atoms with E-state index in [2.05, 4.69) is 168 Å². The number of nitrogens with zero attached hydrogens (tertiary/aromatic N) is 2. The molecule has 0 radical (unpaired) electrons. The first kappa shape index (κ1) is 32.4. The minimum absolute atomic E-state index is 0.477. The van der Waals surface area contributed by atoms with E-state index in [-0.39, 0.29) is 0 Å². The third-order valence-electron chi connectivity index (χ3n) is 9.72. The molecule has 1 atom stereocenters. The third-order valence-corrected chi connectivity index (χ3v) is 9.72. The molecule has 2 aliphatic carbocycles. The van der Waals surface area contributed by atoms with Gasteiger partial charge in [-0.25, -0.2) is 0 Å². The minimum Gasteiger partial charge on any atom is -0.340 e. The first-order chi connectivity index (χ1) is 22.6. The van der Waals surface area contributed by atoms with Gasteiger partial charge in [0.05, 0.1) is 5.69 Å². The van der Waals surface area contributed by atoms with Gasteiger partial charge in [0.25, 0.3) is 0 Å². The second-order valence-electron chi connectivity index (χ2n) is 14.0. The highest BCUT2D eigenvalue weighted by Gasteiger charge is 2.23. The van der Waals surface area contributed by atoms with Gasteiger partial charge in [-0.2, -0.15) is 0 Å². The molecule has 0 aliphatic heterocycles. The van der Waals surface area contributed by atoms with Crippen molar-refractivity contribution in [2.75, 3.05) is 16.3 Å². The van der Waals surface area contributed by atoms with Crippen LogP contribution < -0.4 is 9.80 Å². The molecular formula is C45H50N2. The number of benzene rings is 4. The van der Waals surface area contributed by atoms with Gasteiger partial charge in [-0.05, 0) is 180 Å². The number of hydrogen-bond acceptors (Lipinski definition) is 2. The summed E-state index contributed by atoms with van der Waals surface area (Å²) in [5.41, 5.74) is 19.4. The Morgan fingerprint density at radius 3 is 1.77 bits per heavy atom. The zero-order valence-electron chi connectivity index (χ0n) is 29.6. The number of rotatable bonds is 8. The molecule has 4 aromatic rings. The molecule has 0 fully saturated rings. The summed E-state index contributed by atoms with van der Waals surface area (Å²) in [5, 5.41) is 0. The van der Waals surface area contributed by atoms with Gasteiger partial charge < -0.3 is 9.80 Å². The van der Waals surface area contributed by atoms with Crippen LogP contribution in [0.1, 0.15) is 66.5 Å². The topological polar surface area (TPSA) is 6.48 Å². The van der Waals surface area contributed by atoms with Gasteiger partial charge in [0, 0.05) is 29.3 Å². The van der Waals surface area contributed by atoms with Crippen molar-refractivity contribution >= 4 is 22.7 Å². The number of anilines is 4. The fourth-order valence-electron chi connectivity index (χ4n) is 7.45. The lowest BCUT2D eigenvalue weighted by Gasteiger charge is -2.33. The predicted molar refractivity (Wildman–Crippen MR) is 204 cm³/mol. The highest BCUT2D eigenvalue weighted by atomic mass is 15.2. The van der Waals surface area contributed by atoms with E-state index >= 15 is 0 Å². The SMILES string of the molecule is CC1=CCC(CN(c2cccc(C)c2)c2c(C)cc(-c3cc(C)c(N(C4=CCCC(C)=C4)c4cccc(C)c4)c(C)c3)cc2C)C=C1. The zero-order valence-corrected chi connectivity index (χ0v) is 29.6. The molecule has 2 nitrogen and oxygen atoms in total. The van der Waals surface area contributed by atoms with Crippen LogP contribution in [-0.4, -0.2) is 6.54 Å². The van der Waals surface area contributed by atoms with Gasteiger partial charge in [-0.15, -0.1) is 0 Å². The first-order valence-electron chi connectivity index (χ1n) is 17.2. The molecule has 0 amide bonds. The van der Waals surface area contributed by atoms with Crippen molar-refractivity contribution in [2.45, 2.75) is 74.7 Å². The van der Waals surface area contributed by atoms with Gasteiger partial charge in [0.15, 0.2) is 0 Å². The molecule has 0 bridgehead atoms. The van der Waals surface area contributed by atoms with Crippen molar-refractivity contribution in [1.29, 1.82) is 0 Å². The lowest BCUT2D eigenvalue weighted by Crippen LogP contribution is -2.26. The number of allylic oxidation sites excluding steroid dienone is 6. The lowest BCUT2D eigenvalue weighted by molar-refractivity contribution is 0.652. The molecule has 2 aliphatic rings. The number of hydrogen-bond donors (Lipinski definition) is 0. The van der Waals surface area contributed by atoms with Crippen LogP contribution in [0.15, 0.2) is 120 Å². The average Bonchev–Trinajstić information content (AvgIpc) is 3.02. The fraction of sp³-hybridized carbons (Fsp3) is 0.289. The Hall–Kier alpha value is -4.56. The minimum atomic E-state index is 0.477. The summed E-state index contributed by atoms with van der Waals surface area (Å²) in [4.78, 5) is 5.03. The van der Waals surface area contributed by atoms with Crippen molar-refractivity contribution in [1.82, 2.24) is 0 Å². The summed E-state index contributed by atoms with van der Waals surface area (Å²) in [6, 6.07) is 27.4. The summed E-state index contributed by atoms with van der Waals surface area (Å²) in [7, 11) is 0. The van der Waals surface area contributed by atoms with E-state index in [9.17, 15) is 0 Å². The standard InChI is InChI=1S/C45H50N2/c1-30-18-20-38(21-19-30)29-46(41-15-9-12-31(2)22-41)44-34(5)25-39(26-35(44)6)40-27-36(7)45(37(8)28-40)47(42-16-10-13-32(3)23-42)43-17-11-14-33(4)24-43/h9-10,12-13,15-20,22-28,38H,11,14,21,29H2,1-8H3. The largest absolute Gasteiger partial charge is 0.340 e. The van der Waals surface area contributed by atoms with Crippen molar-refractivity contribution in [3.05, 3.63) is 153 Å². The van der Waals surface area contributed by atoms with Gasteiger partial charge in [-0.3, -0.25) is 0 Å². The van der Waals surface area contributed by atoms with Crippen molar-refractivity contribution in [3.63, 3.8) is 0 Å². The molecule has 4 aromatic carbocycles. The lowest BCUT2D eigenvalue weighted by atomic mass is 9.92. The van der Waals surface area contributed by atoms with E-state index in [1.165, 1.54) is 84.1 Å². The predicted octanol–water partition coefficient (Wildman–Crippen LogP) is 12.6.